The van der Waals surface area contributed by atoms with Crippen LogP contribution in [0, 0.1) is 5.82 Å². The lowest BCUT2D eigenvalue weighted by Crippen LogP contribution is -2.15. The van der Waals surface area contributed by atoms with Gasteiger partial charge in [0, 0.05) is 0 Å². The van der Waals surface area contributed by atoms with Gasteiger partial charge in [-0.05, 0) is 57.2 Å². The molecule has 22 heavy (non-hydrogen) atoms. The summed E-state index contributed by atoms with van der Waals surface area (Å²) in [6.45, 7) is 6.16. The first kappa shape index (κ1) is 17.0. The van der Waals surface area contributed by atoms with Crippen molar-refractivity contribution in [2.75, 3.05) is 4.72 Å². The van der Waals surface area contributed by atoms with Gasteiger partial charge in [0.25, 0.3) is 10.0 Å². The number of benzene rings is 2. The number of anilines is 1. The molecule has 0 saturated carbocycles. The highest BCUT2D eigenvalue weighted by Gasteiger charge is 2.18. The number of sulfonamides is 1. The van der Waals surface area contributed by atoms with Gasteiger partial charge in [-0.1, -0.05) is 32.9 Å². The van der Waals surface area contributed by atoms with E-state index < -0.39 is 15.8 Å². The van der Waals surface area contributed by atoms with Crippen LogP contribution in [0.3, 0.4) is 0 Å². The van der Waals surface area contributed by atoms with Crippen molar-refractivity contribution < 1.29 is 12.8 Å². The number of nitrogens with one attached hydrogen (secondary N) is 1. The summed E-state index contributed by atoms with van der Waals surface area (Å²) < 4.78 is 40.7. The molecule has 0 heterocycles. The Labute approximate surface area is 138 Å². The number of halogens is 2. The maximum Gasteiger partial charge on any atom is 0.261 e. The second kappa shape index (κ2) is 6.01. The molecule has 118 valence electrons. The Morgan fingerprint density at radius 3 is 2.14 bits per heavy atom. The first-order valence-electron chi connectivity index (χ1n) is 6.68. The average molecular weight is 386 g/mol. The van der Waals surface area contributed by atoms with Crippen LogP contribution in [0.15, 0.2) is 51.8 Å². The molecule has 0 aliphatic heterocycles. The van der Waals surface area contributed by atoms with Gasteiger partial charge >= 0.3 is 0 Å². The van der Waals surface area contributed by atoms with Gasteiger partial charge in [0.1, 0.15) is 5.82 Å². The van der Waals surface area contributed by atoms with E-state index in [2.05, 4.69) is 41.4 Å². The Bertz CT molecular complexity index is 781. The molecule has 0 fully saturated rings. The molecule has 0 spiro atoms. The molecule has 2 aromatic carbocycles. The summed E-state index contributed by atoms with van der Waals surface area (Å²) in [6, 6.07) is 10.8. The van der Waals surface area contributed by atoms with Gasteiger partial charge in [0.05, 0.1) is 15.1 Å². The minimum absolute atomic E-state index is 0.0510. The highest BCUT2D eigenvalue weighted by atomic mass is 79.9. The molecule has 1 N–H and O–H groups in total. The van der Waals surface area contributed by atoms with E-state index in [4.69, 9.17) is 0 Å². The molecule has 0 atom stereocenters. The fourth-order valence-corrected chi connectivity index (χ4v) is 3.20. The van der Waals surface area contributed by atoms with E-state index in [0.29, 0.717) is 0 Å². The van der Waals surface area contributed by atoms with Gasteiger partial charge in [-0.15, -0.1) is 0 Å². The van der Waals surface area contributed by atoms with Crippen molar-refractivity contribution in [2.24, 2.45) is 0 Å². The van der Waals surface area contributed by atoms with E-state index in [1.807, 2.05) is 0 Å². The summed E-state index contributed by atoms with van der Waals surface area (Å²) in [7, 11) is -3.74. The van der Waals surface area contributed by atoms with Crippen LogP contribution in [0.5, 0.6) is 0 Å². The minimum Gasteiger partial charge on any atom is -0.280 e. The molecule has 6 heteroatoms. The van der Waals surface area contributed by atoms with Crippen LogP contribution in [0.1, 0.15) is 26.3 Å². The van der Waals surface area contributed by atoms with Gasteiger partial charge in [-0.25, -0.2) is 12.8 Å². The van der Waals surface area contributed by atoms with Crippen molar-refractivity contribution in [3.8, 4) is 0 Å². The van der Waals surface area contributed by atoms with E-state index in [1.54, 1.807) is 24.3 Å². The fraction of sp³-hybridized carbons (Fsp3) is 0.250. The summed E-state index contributed by atoms with van der Waals surface area (Å²) in [5, 5.41) is 0. The predicted octanol–water partition coefficient (Wildman–Crippen LogP) is 4.69. The lowest BCUT2D eigenvalue weighted by molar-refractivity contribution is 0.587. The molecule has 3 nitrogen and oxygen atoms in total. The normalized spacial score (nSPS) is 12.2. The third-order valence-electron chi connectivity index (χ3n) is 3.20. The van der Waals surface area contributed by atoms with Crippen LogP contribution < -0.4 is 4.72 Å². The lowest BCUT2D eigenvalue weighted by Gasteiger charge is -2.19. The third-order valence-corrected chi connectivity index (χ3v) is 5.24. The Balaban J connectivity index is 2.28. The van der Waals surface area contributed by atoms with Gasteiger partial charge in [0.2, 0.25) is 0 Å². The number of hydrogen-bond donors (Lipinski definition) is 1. The Morgan fingerprint density at radius 2 is 1.64 bits per heavy atom. The molecule has 2 rings (SSSR count). The summed E-state index contributed by atoms with van der Waals surface area (Å²) >= 11 is 3.03. The van der Waals surface area contributed by atoms with Crippen LogP contribution in [0.25, 0.3) is 0 Å². The van der Waals surface area contributed by atoms with Crippen molar-refractivity contribution in [2.45, 2.75) is 31.1 Å². The van der Waals surface area contributed by atoms with E-state index >= 15 is 0 Å². The second-order valence-corrected chi connectivity index (χ2v) is 8.55. The zero-order chi connectivity index (χ0) is 16.5. The summed E-state index contributed by atoms with van der Waals surface area (Å²) in [5.41, 5.74) is 1.17. The summed E-state index contributed by atoms with van der Waals surface area (Å²) in [4.78, 5) is 0.142. The molecule has 0 aliphatic rings. The topological polar surface area (TPSA) is 46.2 Å². The van der Waals surface area contributed by atoms with Crippen molar-refractivity contribution in [3.05, 3.63) is 58.3 Å². The zero-order valence-corrected chi connectivity index (χ0v) is 14.9. The minimum atomic E-state index is -3.74. The second-order valence-electron chi connectivity index (χ2n) is 6.01. The molecule has 0 unspecified atom stereocenters. The molecule has 0 amide bonds. The van der Waals surface area contributed by atoms with Crippen LogP contribution in [0.2, 0.25) is 0 Å². The molecular formula is C16H17BrFNO2S. The maximum absolute atomic E-state index is 13.5. The van der Waals surface area contributed by atoms with E-state index in [1.165, 1.54) is 12.1 Å². The van der Waals surface area contributed by atoms with Crippen molar-refractivity contribution in [1.29, 1.82) is 0 Å². The Kier molecular flexibility index (Phi) is 4.63. The Morgan fingerprint density at radius 1 is 1.05 bits per heavy atom. The van der Waals surface area contributed by atoms with Gasteiger partial charge in [0.15, 0.2) is 0 Å². The van der Waals surface area contributed by atoms with Crippen LogP contribution in [-0.2, 0) is 15.4 Å². The summed E-state index contributed by atoms with van der Waals surface area (Å²) in [6.07, 6.45) is 0. The van der Waals surface area contributed by atoms with Gasteiger partial charge in [-0.2, -0.15) is 0 Å². The maximum atomic E-state index is 13.5. The monoisotopic (exact) mass is 385 g/mol. The van der Waals surface area contributed by atoms with E-state index in [0.717, 1.165) is 11.6 Å². The highest BCUT2D eigenvalue weighted by molar-refractivity contribution is 9.10. The Hall–Kier alpha value is -1.40. The van der Waals surface area contributed by atoms with Crippen LogP contribution in [-0.4, -0.2) is 8.42 Å². The third kappa shape index (κ3) is 3.87. The fourth-order valence-electron chi connectivity index (χ4n) is 1.91. The molecule has 0 bridgehead atoms. The molecule has 0 radical (unpaired) electrons. The molecule has 0 saturated heterocycles. The highest BCUT2D eigenvalue weighted by Crippen LogP contribution is 2.25. The summed E-state index contributed by atoms with van der Waals surface area (Å²) in [5.74, 6) is -0.525. The van der Waals surface area contributed by atoms with Crippen molar-refractivity contribution in [1.82, 2.24) is 0 Å². The molecular weight excluding hydrogens is 369 g/mol. The number of hydrogen-bond acceptors (Lipinski definition) is 2. The van der Waals surface area contributed by atoms with Crippen LogP contribution in [0.4, 0.5) is 10.1 Å². The zero-order valence-electron chi connectivity index (χ0n) is 12.5. The molecule has 0 aliphatic carbocycles. The average Bonchev–Trinajstić information content (AvgIpc) is 2.42. The van der Waals surface area contributed by atoms with Crippen LogP contribution >= 0.6 is 15.9 Å². The van der Waals surface area contributed by atoms with Crippen molar-refractivity contribution in [3.63, 3.8) is 0 Å². The number of rotatable bonds is 3. The van der Waals surface area contributed by atoms with E-state index in [-0.39, 0.29) is 20.5 Å². The predicted molar refractivity (Wildman–Crippen MR) is 90.1 cm³/mol. The quantitative estimate of drug-likeness (QED) is 0.832. The lowest BCUT2D eigenvalue weighted by atomic mass is 9.87. The van der Waals surface area contributed by atoms with Gasteiger partial charge in [-0.3, -0.25) is 4.72 Å². The van der Waals surface area contributed by atoms with Gasteiger partial charge < -0.3 is 0 Å². The first-order chi connectivity index (χ1) is 10.1. The van der Waals surface area contributed by atoms with E-state index in [9.17, 15) is 12.8 Å². The standard InChI is InChI=1S/C16H17BrFNO2S/c1-16(2,3)11-4-7-13(8-5-11)22(20,21)19-12-6-9-14(17)15(18)10-12/h4-10,19H,1-3H3. The SMILES string of the molecule is CC(C)(C)c1ccc(S(=O)(=O)Nc2ccc(Br)c(F)c2)cc1. The molecule has 2 aromatic rings. The first-order valence-corrected chi connectivity index (χ1v) is 8.96. The molecule has 0 aromatic heterocycles. The smallest absolute Gasteiger partial charge is 0.261 e. The van der Waals surface area contributed by atoms with Crippen molar-refractivity contribution >= 4 is 31.6 Å². The largest absolute Gasteiger partial charge is 0.280 e.